The smallest absolute Gasteiger partial charge is 0.410 e. The van der Waals surface area contributed by atoms with Crippen LogP contribution in [0.15, 0.2) is 66.7 Å². The predicted octanol–water partition coefficient (Wildman–Crippen LogP) is 6.07. The summed E-state index contributed by atoms with van der Waals surface area (Å²) in [7, 11) is 3.06. The molecule has 208 valence electrons. The average molecular weight is 548 g/mol. The fourth-order valence-electron chi connectivity index (χ4n) is 5.50. The van der Waals surface area contributed by atoms with Crippen LogP contribution in [0, 0.1) is 10.1 Å². The van der Waals surface area contributed by atoms with Crippen LogP contribution in [-0.4, -0.2) is 52.9 Å². The highest BCUT2D eigenvalue weighted by molar-refractivity contribution is 6.05. The summed E-state index contributed by atoms with van der Waals surface area (Å²) in [5.74, 6) is 1.30. The molecule has 3 aromatic rings. The molecule has 2 fully saturated rings. The van der Waals surface area contributed by atoms with Crippen molar-refractivity contribution in [2.45, 2.75) is 43.9 Å². The van der Waals surface area contributed by atoms with Gasteiger partial charge in [-0.25, -0.2) is 4.79 Å². The van der Waals surface area contributed by atoms with Crippen LogP contribution in [-0.2, 0) is 0 Å². The first kappa shape index (κ1) is 26.8. The third kappa shape index (κ3) is 5.09. The van der Waals surface area contributed by atoms with E-state index in [-0.39, 0.29) is 23.4 Å². The first-order valence-corrected chi connectivity index (χ1v) is 12.9. The number of benzene rings is 3. The van der Waals surface area contributed by atoms with Gasteiger partial charge in [0.2, 0.25) is 0 Å². The molecule has 2 bridgehead atoms. The van der Waals surface area contributed by atoms with Gasteiger partial charge in [0.05, 0.1) is 18.1 Å². The highest BCUT2D eigenvalue weighted by Gasteiger charge is 2.53. The molecule has 2 aliphatic heterocycles. The predicted molar refractivity (Wildman–Crippen MR) is 145 cm³/mol. The van der Waals surface area contributed by atoms with Crippen molar-refractivity contribution in [3.8, 4) is 23.0 Å². The molecule has 11 nitrogen and oxygen atoms in total. The quantitative estimate of drug-likeness (QED) is 0.265. The summed E-state index contributed by atoms with van der Waals surface area (Å²) in [5, 5.41) is 20.8. The van der Waals surface area contributed by atoms with Gasteiger partial charge in [-0.15, -0.1) is 0 Å². The minimum atomic E-state index is -0.959. The zero-order valence-corrected chi connectivity index (χ0v) is 22.1. The standard InChI is InChI=1S/C29H29N3O8/c1-30(20-7-12-23(13-8-20)39-25-14-9-22(32(36)37)18-26(25)38-2)27(33)19-5-10-24(11-6-19)40-29-16-3-4-21(15-17-29)31(29)28(34)35/h5-14,18,21H,3-4,15-17H2,1-2H3,(H,34,35). The molecule has 2 unspecified atom stereocenters. The number of carboxylic acid groups (broad SMARTS) is 1. The maximum Gasteiger partial charge on any atom is 0.410 e. The third-order valence-electron chi connectivity index (χ3n) is 7.51. The molecule has 0 radical (unpaired) electrons. The molecule has 0 aliphatic carbocycles. The first-order chi connectivity index (χ1) is 19.2. The topological polar surface area (TPSA) is 132 Å². The van der Waals surface area contributed by atoms with Crippen molar-refractivity contribution in [1.29, 1.82) is 0 Å². The van der Waals surface area contributed by atoms with E-state index in [1.165, 1.54) is 35.1 Å². The lowest BCUT2D eigenvalue weighted by Crippen LogP contribution is -2.56. The Morgan fingerprint density at radius 3 is 2.35 bits per heavy atom. The molecule has 40 heavy (non-hydrogen) atoms. The summed E-state index contributed by atoms with van der Waals surface area (Å²) >= 11 is 0. The Morgan fingerprint density at radius 2 is 1.70 bits per heavy atom. The molecule has 1 N–H and O–H groups in total. The number of piperidine rings is 1. The Hall–Kier alpha value is -4.80. The van der Waals surface area contributed by atoms with Gasteiger partial charge in [-0.05, 0) is 73.9 Å². The maximum absolute atomic E-state index is 13.2. The summed E-state index contributed by atoms with van der Waals surface area (Å²) in [5.41, 5.74) is 0.122. The number of methoxy groups -OCH3 is 1. The third-order valence-corrected chi connectivity index (χ3v) is 7.51. The molecule has 2 heterocycles. The number of carbonyl (C=O) groups is 2. The number of carbonyl (C=O) groups excluding carboxylic acids is 1. The van der Waals surface area contributed by atoms with Gasteiger partial charge < -0.3 is 24.2 Å². The van der Waals surface area contributed by atoms with E-state index in [0.717, 1.165) is 19.3 Å². The average Bonchev–Trinajstić information content (AvgIpc) is 3.18. The summed E-state index contributed by atoms with van der Waals surface area (Å²) in [6.45, 7) is 0. The number of non-ortho nitro benzene ring substituents is 1. The molecule has 0 spiro atoms. The molecule has 0 aromatic heterocycles. The lowest BCUT2D eigenvalue weighted by molar-refractivity contribution is -0.384. The van der Waals surface area contributed by atoms with Gasteiger partial charge in [0.1, 0.15) is 11.5 Å². The lowest BCUT2D eigenvalue weighted by atomic mass is 10.00. The second-order valence-corrected chi connectivity index (χ2v) is 9.86. The summed E-state index contributed by atoms with van der Waals surface area (Å²) in [6.07, 6.45) is 2.91. The molecule has 5 rings (SSSR count). The van der Waals surface area contributed by atoms with E-state index in [9.17, 15) is 24.8 Å². The van der Waals surface area contributed by atoms with Crippen LogP contribution in [0.25, 0.3) is 0 Å². The summed E-state index contributed by atoms with van der Waals surface area (Å²) in [4.78, 5) is 38.5. The van der Waals surface area contributed by atoms with E-state index in [0.29, 0.717) is 41.3 Å². The van der Waals surface area contributed by atoms with Gasteiger partial charge >= 0.3 is 6.09 Å². The molecular formula is C29H29N3O8. The summed E-state index contributed by atoms with van der Waals surface area (Å²) in [6, 6.07) is 17.6. The molecule has 11 heteroatoms. The van der Waals surface area contributed by atoms with Crippen LogP contribution in [0.4, 0.5) is 16.2 Å². The maximum atomic E-state index is 13.2. The van der Waals surface area contributed by atoms with Gasteiger partial charge in [-0.1, -0.05) is 0 Å². The molecule has 2 amide bonds. The number of anilines is 1. The number of hydrogen-bond acceptors (Lipinski definition) is 7. The zero-order valence-electron chi connectivity index (χ0n) is 22.1. The van der Waals surface area contributed by atoms with Crippen LogP contribution in [0.2, 0.25) is 0 Å². The van der Waals surface area contributed by atoms with Gasteiger partial charge in [0, 0.05) is 43.2 Å². The van der Waals surface area contributed by atoms with Crippen molar-refractivity contribution in [2.24, 2.45) is 0 Å². The number of nitro groups is 1. The van der Waals surface area contributed by atoms with E-state index >= 15 is 0 Å². The normalized spacial score (nSPS) is 19.6. The van der Waals surface area contributed by atoms with Crippen molar-refractivity contribution < 1.29 is 33.8 Å². The van der Waals surface area contributed by atoms with Crippen LogP contribution < -0.4 is 19.1 Å². The Labute approximate surface area is 230 Å². The minimum absolute atomic E-state index is 0.00583. The molecule has 2 saturated heterocycles. The van der Waals surface area contributed by atoms with Gasteiger partial charge in [-0.2, -0.15) is 0 Å². The number of rotatable bonds is 8. The Kier molecular flexibility index (Phi) is 7.20. The van der Waals surface area contributed by atoms with Crippen molar-refractivity contribution in [3.63, 3.8) is 0 Å². The van der Waals surface area contributed by atoms with E-state index < -0.39 is 16.7 Å². The number of hydrogen-bond donors (Lipinski definition) is 1. The van der Waals surface area contributed by atoms with Gasteiger partial charge in [0.15, 0.2) is 17.2 Å². The second-order valence-electron chi connectivity index (χ2n) is 9.86. The van der Waals surface area contributed by atoms with Crippen LogP contribution in [0.3, 0.4) is 0 Å². The molecular weight excluding hydrogens is 518 g/mol. The van der Waals surface area contributed by atoms with E-state index in [1.807, 2.05) is 0 Å². The Morgan fingerprint density at radius 1 is 1.00 bits per heavy atom. The van der Waals surface area contributed by atoms with Crippen molar-refractivity contribution in [2.75, 3.05) is 19.1 Å². The van der Waals surface area contributed by atoms with E-state index in [2.05, 4.69) is 0 Å². The number of nitrogens with zero attached hydrogens (tertiary/aromatic N) is 3. The largest absolute Gasteiger partial charge is 0.493 e. The zero-order chi connectivity index (χ0) is 28.4. The number of ether oxygens (including phenoxy) is 3. The van der Waals surface area contributed by atoms with E-state index in [1.54, 1.807) is 55.6 Å². The second kappa shape index (κ2) is 10.8. The molecule has 2 aliphatic rings. The highest BCUT2D eigenvalue weighted by atomic mass is 16.6. The Bertz CT molecular complexity index is 1420. The fourth-order valence-corrected chi connectivity index (χ4v) is 5.50. The van der Waals surface area contributed by atoms with Crippen molar-refractivity contribution in [1.82, 2.24) is 4.90 Å². The molecule has 3 aromatic carbocycles. The van der Waals surface area contributed by atoms with Gasteiger partial charge in [0.25, 0.3) is 11.6 Å². The number of nitro benzene ring substituents is 1. The monoisotopic (exact) mass is 547 g/mol. The molecule has 2 atom stereocenters. The van der Waals surface area contributed by atoms with Crippen molar-refractivity contribution >= 4 is 23.4 Å². The van der Waals surface area contributed by atoms with Gasteiger partial charge in [-0.3, -0.25) is 19.8 Å². The molecule has 0 saturated carbocycles. The van der Waals surface area contributed by atoms with Crippen LogP contribution in [0.5, 0.6) is 23.0 Å². The van der Waals surface area contributed by atoms with Crippen molar-refractivity contribution in [3.05, 3.63) is 82.4 Å². The Balaban J connectivity index is 1.25. The minimum Gasteiger partial charge on any atom is -0.493 e. The van der Waals surface area contributed by atoms with Crippen LogP contribution in [0.1, 0.15) is 42.5 Å². The SMILES string of the molecule is COc1cc([N+](=O)[O-])ccc1Oc1ccc(N(C)C(=O)c2ccc(OC34CCCC(CC3)N4C(=O)O)cc2)cc1. The number of amides is 2. The first-order valence-electron chi connectivity index (χ1n) is 12.9. The number of fused-ring (bicyclic) bond motifs is 2. The lowest BCUT2D eigenvalue weighted by Gasteiger charge is -2.42. The van der Waals surface area contributed by atoms with Crippen LogP contribution >= 0.6 is 0 Å². The highest BCUT2D eigenvalue weighted by Crippen LogP contribution is 2.45. The fraction of sp³-hybridized carbons (Fsp3) is 0.310. The van der Waals surface area contributed by atoms with E-state index in [4.69, 9.17) is 14.2 Å². The summed E-state index contributed by atoms with van der Waals surface area (Å²) < 4.78 is 17.3.